The molecule has 110 valence electrons. The van der Waals surface area contributed by atoms with Crippen LogP contribution in [-0.4, -0.2) is 17.0 Å². The maximum atomic E-state index is 10.8. The van der Waals surface area contributed by atoms with E-state index in [1.807, 2.05) is 24.3 Å². The number of nitrogens with two attached hydrogens (primary N) is 2. The van der Waals surface area contributed by atoms with Crippen molar-refractivity contribution in [2.45, 2.75) is 6.54 Å². The normalized spacial score (nSPS) is 9.52. The summed E-state index contributed by atoms with van der Waals surface area (Å²) in [5.74, 6) is -0.859. The second kappa shape index (κ2) is 7.31. The first-order valence-corrected chi connectivity index (χ1v) is 6.04. The quantitative estimate of drug-likeness (QED) is 0.595. The van der Waals surface area contributed by atoms with Crippen LogP contribution in [0.3, 0.4) is 0 Å². The van der Waals surface area contributed by atoms with Crippen LogP contribution in [0.15, 0.2) is 53.5 Å². The number of guanidine groups is 1. The molecule has 2 rings (SSSR count). The number of hydrogen-bond donors (Lipinski definition) is 3. The molecule has 0 aromatic heterocycles. The third-order valence-corrected chi connectivity index (χ3v) is 2.86. The summed E-state index contributed by atoms with van der Waals surface area (Å²) in [7, 11) is 0. The summed E-state index contributed by atoms with van der Waals surface area (Å²) in [6, 6.07) is 14.5. The number of carboxylic acid groups (broad SMARTS) is 1. The van der Waals surface area contributed by atoms with Gasteiger partial charge in [-0.05, 0) is 28.8 Å². The SMILES string of the molecule is Cl.NC(N)=NCc1ccc(-c2ccc(C(=O)O)cc2)cc1. The Morgan fingerprint density at radius 1 is 0.952 bits per heavy atom. The van der Waals surface area contributed by atoms with Gasteiger partial charge in [0.25, 0.3) is 0 Å². The zero-order chi connectivity index (χ0) is 14.5. The smallest absolute Gasteiger partial charge is 0.335 e. The third-order valence-electron chi connectivity index (χ3n) is 2.86. The van der Waals surface area contributed by atoms with E-state index in [4.69, 9.17) is 16.6 Å². The lowest BCUT2D eigenvalue weighted by Crippen LogP contribution is -2.22. The maximum Gasteiger partial charge on any atom is 0.335 e. The Balaban J connectivity index is 0.00000220. The Morgan fingerprint density at radius 2 is 1.43 bits per heavy atom. The average Bonchev–Trinajstić information content (AvgIpc) is 2.46. The van der Waals surface area contributed by atoms with E-state index < -0.39 is 5.97 Å². The number of benzene rings is 2. The van der Waals surface area contributed by atoms with Crippen molar-refractivity contribution in [3.8, 4) is 11.1 Å². The Kier molecular flexibility index (Phi) is 5.75. The molecule has 0 atom stereocenters. The Labute approximate surface area is 128 Å². The first kappa shape index (κ1) is 16.5. The van der Waals surface area contributed by atoms with Crippen LogP contribution in [0.4, 0.5) is 0 Å². The Morgan fingerprint density at radius 3 is 1.86 bits per heavy atom. The highest BCUT2D eigenvalue weighted by atomic mass is 35.5. The molecule has 0 saturated carbocycles. The van der Waals surface area contributed by atoms with E-state index in [1.54, 1.807) is 24.3 Å². The van der Waals surface area contributed by atoms with Gasteiger partial charge in [-0.1, -0.05) is 36.4 Å². The van der Waals surface area contributed by atoms with Crippen molar-refractivity contribution < 1.29 is 9.90 Å². The van der Waals surface area contributed by atoms with Crippen LogP contribution in [0.25, 0.3) is 11.1 Å². The van der Waals surface area contributed by atoms with Crippen molar-refractivity contribution >= 4 is 24.3 Å². The van der Waals surface area contributed by atoms with Gasteiger partial charge in [-0.15, -0.1) is 12.4 Å². The summed E-state index contributed by atoms with van der Waals surface area (Å²) in [6.45, 7) is 0.445. The van der Waals surface area contributed by atoms with E-state index in [2.05, 4.69) is 4.99 Å². The highest BCUT2D eigenvalue weighted by Gasteiger charge is 2.03. The van der Waals surface area contributed by atoms with Crippen molar-refractivity contribution in [2.75, 3.05) is 0 Å². The van der Waals surface area contributed by atoms with Crippen molar-refractivity contribution in [3.05, 3.63) is 59.7 Å². The Bertz CT molecular complexity index is 633. The number of carbonyl (C=O) groups is 1. The molecule has 2 aromatic carbocycles. The number of aliphatic imine (C=N–C) groups is 1. The number of rotatable bonds is 4. The fourth-order valence-electron chi connectivity index (χ4n) is 1.79. The van der Waals surface area contributed by atoms with Crippen LogP contribution in [0.2, 0.25) is 0 Å². The van der Waals surface area contributed by atoms with Crippen LogP contribution in [0, 0.1) is 0 Å². The van der Waals surface area contributed by atoms with E-state index in [9.17, 15) is 4.79 Å². The molecular weight excluding hydrogens is 290 g/mol. The highest BCUT2D eigenvalue weighted by Crippen LogP contribution is 2.20. The predicted molar refractivity (Wildman–Crippen MR) is 85.6 cm³/mol. The number of carboxylic acids is 1. The molecule has 0 saturated heterocycles. The molecule has 5 nitrogen and oxygen atoms in total. The first-order chi connectivity index (χ1) is 9.56. The molecule has 0 heterocycles. The zero-order valence-electron chi connectivity index (χ0n) is 11.2. The summed E-state index contributed by atoms with van der Waals surface area (Å²) < 4.78 is 0. The fraction of sp³-hybridized carbons (Fsp3) is 0.0667. The van der Waals surface area contributed by atoms with Gasteiger partial charge in [0.1, 0.15) is 0 Å². The molecule has 0 radical (unpaired) electrons. The summed E-state index contributed by atoms with van der Waals surface area (Å²) >= 11 is 0. The van der Waals surface area contributed by atoms with E-state index in [-0.39, 0.29) is 23.9 Å². The third kappa shape index (κ3) is 4.50. The molecular formula is C15H16ClN3O2. The summed E-state index contributed by atoms with van der Waals surface area (Å²) in [6.07, 6.45) is 0. The van der Waals surface area contributed by atoms with Gasteiger partial charge in [-0.2, -0.15) is 0 Å². The van der Waals surface area contributed by atoms with Crippen LogP contribution in [-0.2, 0) is 6.54 Å². The number of aromatic carboxylic acids is 1. The van der Waals surface area contributed by atoms with Crippen molar-refractivity contribution in [3.63, 3.8) is 0 Å². The molecule has 0 unspecified atom stereocenters. The molecule has 5 N–H and O–H groups in total. The zero-order valence-corrected chi connectivity index (χ0v) is 12.0. The first-order valence-electron chi connectivity index (χ1n) is 6.04. The van der Waals surface area contributed by atoms with Gasteiger partial charge in [-0.25, -0.2) is 9.79 Å². The Hall–Kier alpha value is -2.53. The van der Waals surface area contributed by atoms with E-state index in [1.165, 1.54) is 0 Å². The predicted octanol–water partition coefficient (Wildman–Crippen LogP) is 2.25. The molecule has 0 aliphatic carbocycles. The summed E-state index contributed by atoms with van der Waals surface area (Å²) in [4.78, 5) is 14.7. The van der Waals surface area contributed by atoms with Gasteiger partial charge in [0.2, 0.25) is 0 Å². The average molecular weight is 306 g/mol. The van der Waals surface area contributed by atoms with Gasteiger partial charge in [0.05, 0.1) is 12.1 Å². The largest absolute Gasteiger partial charge is 0.478 e. The minimum atomic E-state index is -0.927. The monoisotopic (exact) mass is 305 g/mol. The molecule has 0 fully saturated rings. The van der Waals surface area contributed by atoms with Crippen LogP contribution < -0.4 is 11.5 Å². The molecule has 0 aliphatic heterocycles. The number of hydrogen-bond acceptors (Lipinski definition) is 2. The molecule has 0 amide bonds. The van der Waals surface area contributed by atoms with Gasteiger partial charge >= 0.3 is 5.97 Å². The molecule has 21 heavy (non-hydrogen) atoms. The standard InChI is InChI=1S/C15H15N3O2.ClH/c16-15(17)18-9-10-1-3-11(4-2-10)12-5-7-13(8-6-12)14(19)20;/h1-8H,9H2,(H,19,20)(H4,16,17,18);1H. The lowest BCUT2D eigenvalue weighted by atomic mass is 10.0. The van der Waals surface area contributed by atoms with E-state index in [0.29, 0.717) is 6.54 Å². The lowest BCUT2D eigenvalue weighted by Gasteiger charge is -2.04. The molecule has 0 bridgehead atoms. The minimum Gasteiger partial charge on any atom is -0.478 e. The second-order valence-corrected chi connectivity index (χ2v) is 4.32. The second-order valence-electron chi connectivity index (χ2n) is 4.32. The van der Waals surface area contributed by atoms with Crippen LogP contribution >= 0.6 is 12.4 Å². The number of halogens is 1. The number of nitrogens with zero attached hydrogens (tertiary/aromatic N) is 1. The highest BCUT2D eigenvalue weighted by molar-refractivity contribution is 5.88. The topological polar surface area (TPSA) is 102 Å². The van der Waals surface area contributed by atoms with E-state index in [0.717, 1.165) is 16.7 Å². The molecule has 0 spiro atoms. The maximum absolute atomic E-state index is 10.8. The van der Waals surface area contributed by atoms with Crippen molar-refractivity contribution in [1.82, 2.24) is 0 Å². The van der Waals surface area contributed by atoms with Gasteiger partial charge < -0.3 is 16.6 Å². The van der Waals surface area contributed by atoms with Gasteiger partial charge in [0, 0.05) is 0 Å². The summed E-state index contributed by atoms with van der Waals surface area (Å²) in [5.41, 5.74) is 13.8. The van der Waals surface area contributed by atoms with Gasteiger partial charge in [0.15, 0.2) is 5.96 Å². The van der Waals surface area contributed by atoms with Crippen LogP contribution in [0.5, 0.6) is 0 Å². The minimum absolute atomic E-state index is 0. The van der Waals surface area contributed by atoms with Crippen molar-refractivity contribution in [1.29, 1.82) is 0 Å². The summed E-state index contributed by atoms with van der Waals surface area (Å²) in [5, 5.41) is 8.85. The molecule has 2 aromatic rings. The lowest BCUT2D eigenvalue weighted by molar-refractivity contribution is 0.0697. The van der Waals surface area contributed by atoms with Crippen LogP contribution in [0.1, 0.15) is 15.9 Å². The van der Waals surface area contributed by atoms with E-state index >= 15 is 0 Å². The fourth-order valence-corrected chi connectivity index (χ4v) is 1.79. The molecule has 6 heteroatoms. The van der Waals surface area contributed by atoms with Crippen molar-refractivity contribution in [2.24, 2.45) is 16.5 Å². The molecule has 0 aliphatic rings. The van der Waals surface area contributed by atoms with Gasteiger partial charge in [-0.3, -0.25) is 0 Å².